The summed E-state index contributed by atoms with van der Waals surface area (Å²) in [6.45, 7) is 2.10. The van der Waals surface area contributed by atoms with E-state index in [2.05, 4.69) is 44.1 Å². The topological polar surface area (TPSA) is 30.5 Å². The molecular formula is C16H17Br2NO2. The summed E-state index contributed by atoms with van der Waals surface area (Å²) in [7, 11) is 3.28. The summed E-state index contributed by atoms with van der Waals surface area (Å²) < 4.78 is 12.7. The molecule has 1 N–H and O–H groups in total. The molecule has 2 rings (SSSR count). The van der Waals surface area contributed by atoms with E-state index in [4.69, 9.17) is 9.47 Å². The number of benzene rings is 2. The van der Waals surface area contributed by atoms with Gasteiger partial charge in [0.1, 0.15) is 0 Å². The largest absolute Gasteiger partial charge is 0.493 e. The van der Waals surface area contributed by atoms with Gasteiger partial charge in [-0.05, 0) is 68.6 Å². The van der Waals surface area contributed by atoms with Gasteiger partial charge in [0, 0.05) is 15.0 Å². The number of halogens is 2. The van der Waals surface area contributed by atoms with Crippen molar-refractivity contribution in [2.24, 2.45) is 0 Å². The van der Waals surface area contributed by atoms with Crippen molar-refractivity contribution in [3.8, 4) is 11.5 Å². The number of para-hydroxylation sites is 1. The molecule has 0 fully saturated rings. The summed E-state index contributed by atoms with van der Waals surface area (Å²) in [6, 6.07) is 12.1. The lowest BCUT2D eigenvalue weighted by Gasteiger charge is -2.19. The maximum atomic E-state index is 5.35. The summed E-state index contributed by atoms with van der Waals surface area (Å²) in [5.74, 6) is 1.46. The molecule has 2 aromatic rings. The Morgan fingerprint density at radius 3 is 2.14 bits per heavy atom. The van der Waals surface area contributed by atoms with E-state index >= 15 is 0 Å². The van der Waals surface area contributed by atoms with Crippen LogP contribution in [0.15, 0.2) is 45.3 Å². The summed E-state index contributed by atoms with van der Waals surface area (Å²) in [5, 5.41) is 3.49. The van der Waals surface area contributed by atoms with Crippen molar-refractivity contribution in [3.05, 3.63) is 50.9 Å². The Labute approximate surface area is 141 Å². The maximum Gasteiger partial charge on any atom is 0.161 e. The number of hydrogen-bond donors (Lipinski definition) is 1. The van der Waals surface area contributed by atoms with Gasteiger partial charge in [-0.25, -0.2) is 0 Å². The van der Waals surface area contributed by atoms with E-state index < -0.39 is 0 Å². The van der Waals surface area contributed by atoms with Crippen molar-refractivity contribution in [1.29, 1.82) is 0 Å². The summed E-state index contributed by atoms with van der Waals surface area (Å²) in [5.41, 5.74) is 2.15. The normalized spacial score (nSPS) is 11.9. The monoisotopic (exact) mass is 413 g/mol. The second-order valence-electron chi connectivity index (χ2n) is 4.58. The van der Waals surface area contributed by atoms with Crippen molar-refractivity contribution in [3.63, 3.8) is 0 Å². The maximum absolute atomic E-state index is 5.35. The molecule has 1 atom stereocenters. The van der Waals surface area contributed by atoms with E-state index in [1.807, 2.05) is 36.4 Å². The highest BCUT2D eigenvalue weighted by molar-refractivity contribution is 9.11. The Hall–Kier alpha value is -1.20. The Bertz CT molecular complexity index is 611. The van der Waals surface area contributed by atoms with Gasteiger partial charge in [-0.15, -0.1) is 0 Å². The highest BCUT2D eigenvalue weighted by atomic mass is 79.9. The molecule has 2 aromatic carbocycles. The molecule has 3 nitrogen and oxygen atoms in total. The van der Waals surface area contributed by atoms with Crippen LogP contribution in [0, 0.1) is 0 Å². The average molecular weight is 415 g/mol. The minimum absolute atomic E-state index is 0.125. The minimum Gasteiger partial charge on any atom is -0.493 e. The molecule has 5 heteroatoms. The van der Waals surface area contributed by atoms with Crippen molar-refractivity contribution in [2.45, 2.75) is 13.0 Å². The van der Waals surface area contributed by atoms with Gasteiger partial charge in [0.05, 0.1) is 19.9 Å². The van der Waals surface area contributed by atoms with E-state index in [0.29, 0.717) is 0 Å². The van der Waals surface area contributed by atoms with Crippen LogP contribution in [-0.2, 0) is 0 Å². The van der Waals surface area contributed by atoms with Gasteiger partial charge in [-0.1, -0.05) is 12.1 Å². The SMILES string of the molecule is COc1ccc(C(C)Nc2c(Br)cccc2Br)cc1OC. The van der Waals surface area contributed by atoms with Gasteiger partial charge >= 0.3 is 0 Å². The van der Waals surface area contributed by atoms with E-state index in [1.54, 1.807) is 14.2 Å². The Morgan fingerprint density at radius 2 is 1.57 bits per heavy atom. The zero-order chi connectivity index (χ0) is 15.4. The van der Waals surface area contributed by atoms with Gasteiger partial charge in [0.25, 0.3) is 0 Å². The predicted molar refractivity (Wildman–Crippen MR) is 93.4 cm³/mol. The zero-order valence-corrected chi connectivity index (χ0v) is 15.3. The van der Waals surface area contributed by atoms with Crippen LogP contribution in [0.2, 0.25) is 0 Å². The average Bonchev–Trinajstić information content (AvgIpc) is 2.50. The molecule has 21 heavy (non-hydrogen) atoms. The number of nitrogens with one attached hydrogen (secondary N) is 1. The van der Waals surface area contributed by atoms with Crippen LogP contribution in [-0.4, -0.2) is 14.2 Å². The number of rotatable bonds is 5. The van der Waals surface area contributed by atoms with Crippen LogP contribution in [0.25, 0.3) is 0 Å². The molecule has 0 bridgehead atoms. The smallest absolute Gasteiger partial charge is 0.161 e. The molecule has 0 saturated carbocycles. The fourth-order valence-corrected chi connectivity index (χ4v) is 3.29. The fourth-order valence-electron chi connectivity index (χ4n) is 2.06. The highest BCUT2D eigenvalue weighted by Crippen LogP contribution is 2.35. The minimum atomic E-state index is 0.125. The van der Waals surface area contributed by atoms with Crippen molar-refractivity contribution < 1.29 is 9.47 Å². The van der Waals surface area contributed by atoms with Crippen molar-refractivity contribution >= 4 is 37.5 Å². The van der Waals surface area contributed by atoms with E-state index in [1.165, 1.54) is 0 Å². The zero-order valence-electron chi connectivity index (χ0n) is 12.1. The lowest BCUT2D eigenvalue weighted by atomic mass is 10.1. The van der Waals surface area contributed by atoms with Crippen LogP contribution in [0.1, 0.15) is 18.5 Å². The van der Waals surface area contributed by atoms with Crippen LogP contribution >= 0.6 is 31.9 Å². The number of anilines is 1. The third-order valence-electron chi connectivity index (χ3n) is 3.23. The van der Waals surface area contributed by atoms with Crippen LogP contribution < -0.4 is 14.8 Å². The molecule has 0 heterocycles. The van der Waals surface area contributed by atoms with Crippen LogP contribution in [0.5, 0.6) is 11.5 Å². The third kappa shape index (κ3) is 3.71. The Morgan fingerprint density at radius 1 is 0.952 bits per heavy atom. The second-order valence-corrected chi connectivity index (χ2v) is 6.29. The first-order valence-electron chi connectivity index (χ1n) is 6.49. The highest BCUT2D eigenvalue weighted by Gasteiger charge is 2.12. The molecule has 0 aliphatic carbocycles. The van der Waals surface area contributed by atoms with Gasteiger partial charge in [0.15, 0.2) is 11.5 Å². The number of hydrogen-bond acceptors (Lipinski definition) is 3. The molecule has 112 valence electrons. The number of methoxy groups -OCH3 is 2. The first kappa shape index (κ1) is 16.2. The molecule has 0 aliphatic heterocycles. The molecular weight excluding hydrogens is 398 g/mol. The third-order valence-corrected chi connectivity index (χ3v) is 4.55. The predicted octanol–water partition coefficient (Wildman–Crippen LogP) is 5.40. The molecule has 0 spiro atoms. The van der Waals surface area contributed by atoms with Gasteiger partial charge in [0.2, 0.25) is 0 Å². The Kier molecular flexibility index (Phi) is 5.53. The van der Waals surface area contributed by atoms with Crippen molar-refractivity contribution in [2.75, 3.05) is 19.5 Å². The molecule has 1 unspecified atom stereocenters. The summed E-state index contributed by atoms with van der Waals surface area (Å²) in [6.07, 6.45) is 0. The second kappa shape index (κ2) is 7.18. The molecule has 0 aliphatic rings. The first-order chi connectivity index (χ1) is 10.1. The quantitative estimate of drug-likeness (QED) is 0.710. The van der Waals surface area contributed by atoms with Crippen LogP contribution in [0.4, 0.5) is 5.69 Å². The first-order valence-corrected chi connectivity index (χ1v) is 8.08. The van der Waals surface area contributed by atoms with Gasteiger partial charge < -0.3 is 14.8 Å². The Balaban J connectivity index is 2.26. The number of ether oxygens (including phenoxy) is 2. The molecule has 0 saturated heterocycles. The summed E-state index contributed by atoms with van der Waals surface area (Å²) in [4.78, 5) is 0. The molecule has 0 amide bonds. The fraction of sp³-hybridized carbons (Fsp3) is 0.250. The van der Waals surface area contributed by atoms with Crippen LogP contribution in [0.3, 0.4) is 0 Å². The lowest BCUT2D eigenvalue weighted by molar-refractivity contribution is 0.354. The van der Waals surface area contributed by atoms with E-state index in [-0.39, 0.29) is 6.04 Å². The van der Waals surface area contributed by atoms with Gasteiger partial charge in [-0.2, -0.15) is 0 Å². The standard InChI is InChI=1S/C16H17Br2NO2/c1-10(19-16-12(17)5-4-6-13(16)18)11-7-8-14(20-2)15(9-11)21-3/h4-10,19H,1-3H3. The van der Waals surface area contributed by atoms with Gasteiger partial charge in [-0.3, -0.25) is 0 Å². The lowest BCUT2D eigenvalue weighted by Crippen LogP contribution is -2.08. The van der Waals surface area contributed by atoms with E-state index in [0.717, 1.165) is 31.7 Å². The van der Waals surface area contributed by atoms with Crippen molar-refractivity contribution in [1.82, 2.24) is 0 Å². The molecule has 0 aromatic heterocycles. The van der Waals surface area contributed by atoms with E-state index in [9.17, 15) is 0 Å². The molecule has 0 radical (unpaired) electrons. The summed E-state index contributed by atoms with van der Waals surface area (Å²) >= 11 is 7.12.